The van der Waals surface area contributed by atoms with Gasteiger partial charge in [-0.3, -0.25) is 5.10 Å². The molecule has 9 heavy (non-hydrogen) atoms. The van der Waals surface area contributed by atoms with Gasteiger partial charge in [0.1, 0.15) is 5.82 Å². The van der Waals surface area contributed by atoms with Crippen LogP contribution in [0.15, 0.2) is 6.07 Å². The van der Waals surface area contributed by atoms with Crippen LogP contribution in [0.4, 0.5) is 5.82 Å². The standard InChI is InChI=1S/C4H7N3.H3NO/c1-3-2-4(5)7-6-3;1-2/h2H,1H3,(H3,5,6,7);2H,1H2. The van der Waals surface area contributed by atoms with Crippen LogP contribution in [0.2, 0.25) is 0 Å². The van der Waals surface area contributed by atoms with Gasteiger partial charge in [0.25, 0.3) is 0 Å². The van der Waals surface area contributed by atoms with Crippen LogP contribution in [0.5, 0.6) is 0 Å². The van der Waals surface area contributed by atoms with E-state index in [9.17, 15) is 0 Å². The number of H-pyrrole nitrogens is 1. The Kier molecular flexibility index (Phi) is 3.41. The van der Waals surface area contributed by atoms with E-state index in [1.54, 1.807) is 6.07 Å². The van der Waals surface area contributed by atoms with Crippen LogP contribution in [0.1, 0.15) is 5.69 Å². The topological polar surface area (TPSA) is 101 Å². The second-order valence-electron chi connectivity index (χ2n) is 1.48. The number of nitrogen functional groups attached to an aromatic ring is 1. The zero-order valence-corrected chi connectivity index (χ0v) is 5.13. The number of aryl methyl sites for hydroxylation is 1. The summed E-state index contributed by atoms with van der Waals surface area (Å²) in [6.45, 7) is 1.91. The summed E-state index contributed by atoms with van der Waals surface area (Å²) in [5.74, 6) is 4.05. The number of hydrogen-bond acceptors (Lipinski definition) is 4. The van der Waals surface area contributed by atoms with Crippen molar-refractivity contribution < 1.29 is 5.21 Å². The second-order valence-corrected chi connectivity index (χ2v) is 1.48. The predicted molar refractivity (Wildman–Crippen MR) is 33.7 cm³/mol. The molecule has 0 radical (unpaired) electrons. The van der Waals surface area contributed by atoms with Gasteiger partial charge in [-0.2, -0.15) is 5.10 Å². The number of aromatic amines is 1. The maximum atomic E-state index is 6.50. The van der Waals surface area contributed by atoms with E-state index in [1.165, 1.54) is 0 Å². The predicted octanol–water partition coefficient (Wildman–Crippen LogP) is -0.365. The van der Waals surface area contributed by atoms with Gasteiger partial charge in [-0.15, -0.1) is 0 Å². The summed E-state index contributed by atoms with van der Waals surface area (Å²) in [6, 6.07) is 1.78. The first-order valence-corrected chi connectivity index (χ1v) is 2.32. The van der Waals surface area contributed by atoms with Crippen molar-refractivity contribution in [1.82, 2.24) is 10.2 Å². The molecule has 5 nitrogen and oxygen atoms in total. The van der Waals surface area contributed by atoms with E-state index in [-0.39, 0.29) is 0 Å². The quantitative estimate of drug-likeness (QED) is 0.360. The molecule has 0 saturated heterocycles. The Labute approximate surface area is 52.6 Å². The molecule has 0 unspecified atom stereocenters. The van der Waals surface area contributed by atoms with Crippen LogP contribution >= 0.6 is 0 Å². The van der Waals surface area contributed by atoms with E-state index in [2.05, 4.69) is 16.1 Å². The van der Waals surface area contributed by atoms with Gasteiger partial charge >= 0.3 is 0 Å². The molecule has 0 aliphatic rings. The van der Waals surface area contributed by atoms with Crippen molar-refractivity contribution in [3.8, 4) is 0 Å². The van der Waals surface area contributed by atoms with Gasteiger partial charge in [0.15, 0.2) is 0 Å². The summed E-state index contributed by atoms with van der Waals surface area (Å²) in [5.41, 5.74) is 6.23. The lowest BCUT2D eigenvalue weighted by Gasteiger charge is -1.68. The van der Waals surface area contributed by atoms with Crippen molar-refractivity contribution in [1.29, 1.82) is 0 Å². The van der Waals surface area contributed by atoms with E-state index in [4.69, 9.17) is 10.9 Å². The highest BCUT2D eigenvalue weighted by atomic mass is 16.4. The highest BCUT2D eigenvalue weighted by molar-refractivity contribution is 5.27. The molecule has 0 fully saturated rings. The molecule has 0 aromatic carbocycles. The Morgan fingerprint density at radius 2 is 2.22 bits per heavy atom. The van der Waals surface area contributed by atoms with Crippen molar-refractivity contribution in [3.05, 3.63) is 11.8 Å². The third kappa shape index (κ3) is 2.68. The fourth-order valence-electron chi connectivity index (χ4n) is 0.439. The molecule has 6 N–H and O–H groups in total. The number of anilines is 1. The second kappa shape index (κ2) is 3.88. The van der Waals surface area contributed by atoms with Crippen molar-refractivity contribution in [2.45, 2.75) is 6.92 Å². The molecule has 1 aromatic heterocycles. The van der Waals surface area contributed by atoms with Crippen LogP contribution in [0, 0.1) is 6.92 Å². The fraction of sp³-hybridized carbons (Fsp3) is 0.250. The Balaban J connectivity index is 0.000000291. The maximum Gasteiger partial charge on any atom is 0.145 e. The van der Waals surface area contributed by atoms with Crippen LogP contribution < -0.4 is 11.6 Å². The summed E-state index contributed by atoms with van der Waals surface area (Å²) in [7, 11) is 0. The Morgan fingerprint density at radius 3 is 2.33 bits per heavy atom. The molecule has 5 heteroatoms. The lowest BCUT2D eigenvalue weighted by atomic mass is 10.5. The molecule has 0 aliphatic heterocycles. The average molecular weight is 130 g/mol. The first-order valence-electron chi connectivity index (χ1n) is 2.32. The first kappa shape index (κ1) is 7.93. The Morgan fingerprint density at radius 1 is 1.67 bits per heavy atom. The van der Waals surface area contributed by atoms with E-state index in [0.29, 0.717) is 5.82 Å². The number of aromatic nitrogens is 2. The average Bonchev–Trinajstić information content (AvgIpc) is 2.20. The molecule has 52 valence electrons. The summed E-state index contributed by atoms with van der Waals surface area (Å²) < 4.78 is 0. The van der Waals surface area contributed by atoms with Gasteiger partial charge in [-0.05, 0) is 6.92 Å². The zero-order valence-electron chi connectivity index (χ0n) is 5.13. The Hall–Kier alpha value is -1.07. The number of rotatable bonds is 0. The van der Waals surface area contributed by atoms with Gasteiger partial charge in [0.2, 0.25) is 0 Å². The van der Waals surface area contributed by atoms with Crippen molar-refractivity contribution in [2.24, 2.45) is 5.90 Å². The molecule has 0 aliphatic carbocycles. The number of nitrogens with two attached hydrogens (primary N) is 2. The molecule has 0 bridgehead atoms. The van der Waals surface area contributed by atoms with Crippen LogP contribution in [0.3, 0.4) is 0 Å². The third-order valence-corrected chi connectivity index (χ3v) is 0.726. The summed E-state index contributed by atoms with van der Waals surface area (Å²) in [6.07, 6.45) is 0. The van der Waals surface area contributed by atoms with E-state index in [1.807, 2.05) is 6.92 Å². The summed E-state index contributed by atoms with van der Waals surface area (Å²) >= 11 is 0. The minimum Gasteiger partial charge on any atom is -0.382 e. The summed E-state index contributed by atoms with van der Waals surface area (Å²) in [4.78, 5) is 0. The largest absolute Gasteiger partial charge is 0.382 e. The fourth-order valence-corrected chi connectivity index (χ4v) is 0.439. The molecule has 0 amide bonds. The Bertz CT molecular complexity index is 145. The lowest BCUT2D eigenvalue weighted by Crippen LogP contribution is -1.81. The molecular formula is C4H10N4O. The molecule has 1 aromatic rings. The van der Waals surface area contributed by atoms with Crippen LogP contribution in [-0.4, -0.2) is 15.4 Å². The number of hydrogen-bond donors (Lipinski definition) is 4. The zero-order chi connectivity index (χ0) is 7.28. The van der Waals surface area contributed by atoms with Gasteiger partial charge in [0, 0.05) is 11.8 Å². The SMILES string of the molecule is Cc1cc(N)n[nH]1.NO. The molecule has 0 spiro atoms. The van der Waals surface area contributed by atoms with Crippen molar-refractivity contribution in [2.75, 3.05) is 5.73 Å². The molecule has 0 saturated carbocycles. The maximum absolute atomic E-state index is 6.50. The highest BCUT2D eigenvalue weighted by Crippen LogP contribution is 1.95. The van der Waals surface area contributed by atoms with Gasteiger partial charge in [-0.1, -0.05) is 0 Å². The van der Waals surface area contributed by atoms with Crippen molar-refractivity contribution in [3.63, 3.8) is 0 Å². The van der Waals surface area contributed by atoms with E-state index < -0.39 is 0 Å². The lowest BCUT2D eigenvalue weighted by molar-refractivity contribution is 0.311. The summed E-state index contributed by atoms with van der Waals surface area (Å²) in [5, 5.41) is 12.9. The number of nitrogens with one attached hydrogen (secondary N) is 1. The molecular weight excluding hydrogens is 120 g/mol. The van der Waals surface area contributed by atoms with E-state index in [0.717, 1.165) is 5.69 Å². The van der Waals surface area contributed by atoms with Crippen molar-refractivity contribution >= 4 is 5.82 Å². The van der Waals surface area contributed by atoms with Crippen LogP contribution in [0.25, 0.3) is 0 Å². The van der Waals surface area contributed by atoms with Gasteiger partial charge in [0.05, 0.1) is 0 Å². The van der Waals surface area contributed by atoms with E-state index >= 15 is 0 Å². The normalized spacial score (nSPS) is 7.89. The monoisotopic (exact) mass is 130 g/mol. The van der Waals surface area contributed by atoms with Gasteiger partial charge in [-0.25, -0.2) is 5.90 Å². The molecule has 0 atom stereocenters. The molecule has 1 heterocycles. The minimum atomic E-state index is 0.553. The molecule has 1 rings (SSSR count). The number of nitrogens with zero attached hydrogens (tertiary/aromatic N) is 1. The van der Waals surface area contributed by atoms with Crippen LogP contribution in [-0.2, 0) is 0 Å². The highest BCUT2D eigenvalue weighted by Gasteiger charge is 1.85. The minimum absolute atomic E-state index is 0.553. The third-order valence-electron chi connectivity index (χ3n) is 0.726. The smallest absolute Gasteiger partial charge is 0.145 e. The van der Waals surface area contributed by atoms with Gasteiger partial charge < -0.3 is 10.9 Å². The first-order chi connectivity index (χ1) is 4.29.